The average Bonchev–Trinajstić information content (AvgIpc) is 3.36. The van der Waals surface area contributed by atoms with E-state index in [4.69, 9.17) is 20.6 Å². The van der Waals surface area contributed by atoms with Crippen LogP contribution in [0.2, 0.25) is 0 Å². The lowest BCUT2D eigenvalue weighted by Crippen LogP contribution is -2.49. The van der Waals surface area contributed by atoms with Crippen LogP contribution in [0.3, 0.4) is 0 Å². The number of nitrogens with zero attached hydrogens (tertiary/aromatic N) is 3. The minimum Gasteiger partial charge on any atom is -0.475 e. The van der Waals surface area contributed by atoms with Crippen molar-refractivity contribution < 1.29 is 23.1 Å². The van der Waals surface area contributed by atoms with Gasteiger partial charge in [-0.15, -0.1) is 11.3 Å². The van der Waals surface area contributed by atoms with Gasteiger partial charge in [-0.3, -0.25) is 4.68 Å². The van der Waals surface area contributed by atoms with Crippen molar-refractivity contribution in [1.29, 1.82) is 0 Å². The number of nitrogens with one attached hydrogen (secondary N) is 1. The Morgan fingerprint density at radius 2 is 2.13 bits per heavy atom. The van der Waals surface area contributed by atoms with Gasteiger partial charge in [-0.1, -0.05) is 6.42 Å². The summed E-state index contributed by atoms with van der Waals surface area (Å²) in [5, 5.41) is 18.5. The number of halogens is 3. The lowest BCUT2D eigenvalue weighted by molar-refractivity contribution is -0.192. The highest BCUT2D eigenvalue weighted by Crippen LogP contribution is 2.55. The molecule has 2 saturated carbocycles. The van der Waals surface area contributed by atoms with Crippen LogP contribution >= 0.6 is 11.3 Å². The van der Waals surface area contributed by atoms with Crippen molar-refractivity contribution in [3.63, 3.8) is 0 Å². The van der Waals surface area contributed by atoms with E-state index in [-0.39, 0.29) is 0 Å². The smallest absolute Gasteiger partial charge is 0.475 e. The summed E-state index contributed by atoms with van der Waals surface area (Å²) in [6.07, 6.45) is 3.64. The van der Waals surface area contributed by atoms with Gasteiger partial charge in [0.25, 0.3) is 0 Å². The van der Waals surface area contributed by atoms with Crippen LogP contribution in [0.5, 0.6) is 0 Å². The molecule has 30 heavy (non-hydrogen) atoms. The molecule has 1 spiro atoms. The van der Waals surface area contributed by atoms with Crippen LogP contribution in [0.25, 0.3) is 10.7 Å². The third kappa shape index (κ3) is 5.01. The molecule has 4 N–H and O–H groups in total. The van der Waals surface area contributed by atoms with Crippen molar-refractivity contribution in [2.75, 3.05) is 6.54 Å². The molecule has 2 aliphatic carbocycles. The number of alkyl halides is 3. The van der Waals surface area contributed by atoms with Gasteiger partial charge in [0.05, 0.1) is 5.69 Å². The van der Waals surface area contributed by atoms with Crippen LogP contribution in [0.15, 0.2) is 17.6 Å². The maximum Gasteiger partial charge on any atom is 0.490 e. The lowest BCUT2D eigenvalue weighted by atomic mass is 9.64. The minimum absolute atomic E-state index is 0.532. The lowest BCUT2D eigenvalue weighted by Gasteiger charge is -2.45. The third-order valence-electron chi connectivity index (χ3n) is 6.03. The van der Waals surface area contributed by atoms with Gasteiger partial charge in [-0.2, -0.15) is 18.3 Å². The first kappa shape index (κ1) is 22.7. The van der Waals surface area contributed by atoms with Gasteiger partial charge in [0.1, 0.15) is 10.7 Å². The van der Waals surface area contributed by atoms with E-state index in [0.717, 1.165) is 29.5 Å². The number of aromatic nitrogens is 3. The fraction of sp³-hybridized carbons (Fsp3) is 0.632. The summed E-state index contributed by atoms with van der Waals surface area (Å²) in [4.78, 5) is 13.6. The summed E-state index contributed by atoms with van der Waals surface area (Å²) in [6.45, 7) is 1.64. The summed E-state index contributed by atoms with van der Waals surface area (Å²) < 4.78 is 33.6. The summed E-state index contributed by atoms with van der Waals surface area (Å²) in [7, 11) is 1.94. The van der Waals surface area contributed by atoms with Gasteiger partial charge in [-0.25, -0.2) is 9.78 Å². The number of carboxylic acid groups (broad SMARTS) is 1. The van der Waals surface area contributed by atoms with Gasteiger partial charge < -0.3 is 16.2 Å². The summed E-state index contributed by atoms with van der Waals surface area (Å²) >= 11 is 1.67. The quantitative estimate of drug-likeness (QED) is 0.653. The van der Waals surface area contributed by atoms with Crippen LogP contribution in [0, 0.1) is 11.3 Å². The van der Waals surface area contributed by atoms with Crippen LogP contribution in [-0.4, -0.2) is 44.6 Å². The average molecular weight is 446 g/mol. The normalized spacial score (nSPS) is 22.4. The Labute approximate surface area is 176 Å². The second-order valence-electron chi connectivity index (χ2n) is 7.93. The Kier molecular flexibility index (Phi) is 6.83. The Morgan fingerprint density at radius 3 is 2.63 bits per heavy atom. The first-order valence-corrected chi connectivity index (χ1v) is 10.7. The van der Waals surface area contributed by atoms with Crippen molar-refractivity contribution in [3.8, 4) is 10.7 Å². The molecule has 11 heteroatoms. The van der Waals surface area contributed by atoms with Gasteiger partial charge in [0, 0.05) is 31.2 Å². The number of carboxylic acids is 1. The van der Waals surface area contributed by atoms with Crippen LogP contribution in [0.4, 0.5) is 13.2 Å². The number of aliphatic carboxylic acids is 1. The molecule has 2 aromatic heterocycles. The second kappa shape index (κ2) is 9.03. The highest BCUT2D eigenvalue weighted by molar-refractivity contribution is 7.13. The fourth-order valence-electron chi connectivity index (χ4n) is 4.37. The molecule has 4 rings (SSSR count). The van der Waals surface area contributed by atoms with E-state index < -0.39 is 12.1 Å². The number of hydrogen-bond donors (Lipinski definition) is 3. The zero-order chi connectivity index (χ0) is 21.9. The fourth-order valence-corrected chi connectivity index (χ4v) is 5.16. The van der Waals surface area contributed by atoms with E-state index in [1.54, 1.807) is 11.3 Å². The van der Waals surface area contributed by atoms with Crippen molar-refractivity contribution in [1.82, 2.24) is 20.1 Å². The maximum absolute atomic E-state index is 10.6. The molecule has 2 aromatic rings. The van der Waals surface area contributed by atoms with E-state index in [1.807, 2.05) is 24.0 Å². The molecule has 0 bridgehead atoms. The van der Waals surface area contributed by atoms with Gasteiger partial charge in [0.2, 0.25) is 0 Å². The van der Waals surface area contributed by atoms with Gasteiger partial charge in [-0.05, 0) is 49.6 Å². The Hall–Kier alpha value is -1.98. The number of carbonyl (C=O) groups is 1. The molecule has 0 amide bonds. The second-order valence-corrected chi connectivity index (χ2v) is 8.79. The van der Waals surface area contributed by atoms with Crippen molar-refractivity contribution in [2.24, 2.45) is 24.1 Å². The molecule has 166 valence electrons. The molecule has 2 fully saturated rings. The SMILES string of the molecule is Cn1ccc(-c2nc(CNC3C(CN)CCC34CCC4)cs2)n1.O=C(O)C(F)(F)F. The van der Waals surface area contributed by atoms with E-state index in [9.17, 15) is 13.2 Å². The zero-order valence-electron chi connectivity index (χ0n) is 16.7. The molecular formula is C19H26F3N5O2S. The van der Waals surface area contributed by atoms with Crippen LogP contribution < -0.4 is 11.1 Å². The molecule has 0 aliphatic heterocycles. The molecule has 0 radical (unpaired) electrons. The highest BCUT2D eigenvalue weighted by atomic mass is 32.1. The van der Waals surface area contributed by atoms with E-state index in [0.29, 0.717) is 17.4 Å². The zero-order valence-corrected chi connectivity index (χ0v) is 17.5. The van der Waals surface area contributed by atoms with Gasteiger partial charge in [0.15, 0.2) is 0 Å². The minimum atomic E-state index is -5.08. The third-order valence-corrected chi connectivity index (χ3v) is 6.94. The predicted molar refractivity (Wildman–Crippen MR) is 107 cm³/mol. The van der Waals surface area contributed by atoms with Gasteiger partial charge >= 0.3 is 12.1 Å². The molecule has 2 heterocycles. The van der Waals surface area contributed by atoms with E-state index >= 15 is 0 Å². The monoisotopic (exact) mass is 445 g/mol. The number of rotatable bonds is 5. The Bertz CT molecular complexity index is 862. The van der Waals surface area contributed by atoms with E-state index in [2.05, 4.69) is 15.8 Å². The standard InChI is InChI=1S/C17H25N5S.C2HF3O2/c1-22-8-4-14(21-22)16-20-13(11-23-16)10-19-15-12(9-18)3-7-17(15)5-2-6-17;3-2(4,5)1(6)7/h4,8,11-12,15,19H,2-3,5-7,9-10,18H2,1H3;(H,6,7). The van der Waals surface area contributed by atoms with E-state index in [1.165, 1.54) is 32.1 Å². The summed E-state index contributed by atoms with van der Waals surface area (Å²) in [5.74, 6) is -2.13. The first-order valence-electron chi connectivity index (χ1n) is 9.82. The van der Waals surface area contributed by atoms with Crippen LogP contribution in [-0.2, 0) is 18.4 Å². The molecule has 7 nitrogen and oxygen atoms in total. The Balaban J connectivity index is 0.000000318. The highest BCUT2D eigenvalue weighted by Gasteiger charge is 2.50. The number of aryl methyl sites for hydroxylation is 1. The van der Waals surface area contributed by atoms with Crippen molar-refractivity contribution in [2.45, 2.75) is 50.9 Å². The predicted octanol–water partition coefficient (Wildman–Crippen LogP) is 3.17. The molecule has 2 aliphatic rings. The van der Waals surface area contributed by atoms with Crippen molar-refractivity contribution >= 4 is 17.3 Å². The molecule has 2 atom stereocenters. The largest absolute Gasteiger partial charge is 0.490 e. The number of thiazole rings is 1. The van der Waals surface area contributed by atoms with Crippen LogP contribution in [0.1, 0.15) is 37.8 Å². The molecule has 2 unspecified atom stereocenters. The van der Waals surface area contributed by atoms with Crippen molar-refractivity contribution in [3.05, 3.63) is 23.3 Å². The topological polar surface area (TPSA) is 106 Å². The molecular weight excluding hydrogens is 419 g/mol. The first-order chi connectivity index (χ1) is 14.1. The Morgan fingerprint density at radius 1 is 1.43 bits per heavy atom. The maximum atomic E-state index is 10.6. The summed E-state index contributed by atoms with van der Waals surface area (Å²) in [5.41, 5.74) is 8.62. The molecule has 0 saturated heterocycles. The number of hydrogen-bond acceptors (Lipinski definition) is 6. The summed E-state index contributed by atoms with van der Waals surface area (Å²) in [6, 6.07) is 2.59. The molecule has 0 aromatic carbocycles. The number of nitrogens with two attached hydrogens (primary N) is 1.